The molecule has 6 heteroatoms. The van der Waals surface area contributed by atoms with Crippen molar-refractivity contribution in [2.24, 2.45) is 5.41 Å². The fourth-order valence-electron chi connectivity index (χ4n) is 3.78. The molecule has 0 aromatic heterocycles. The summed E-state index contributed by atoms with van der Waals surface area (Å²) < 4.78 is 11.8. The molecule has 4 rings (SSSR count). The number of amides is 1. The molecule has 1 atom stereocenters. The maximum atomic E-state index is 11.2. The zero-order valence-corrected chi connectivity index (χ0v) is 15.8. The maximum Gasteiger partial charge on any atom is 0.405 e. The molecule has 0 fully saturated rings. The van der Waals surface area contributed by atoms with Crippen LogP contribution in [-0.2, 0) is 0 Å². The van der Waals surface area contributed by atoms with E-state index in [4.69, 9.17) is 9.47 Å². The first-order valence-corrected chi connectivity index (χ1v) is 9.10. The van der Waals surface area contributed by atoms with E-state index in [1.807, 2.05) is 38.1 Å². The molecule has 2 heterocycles. The zero-order valence-electron chi connectivity index (χ0n) is 15.8. The standard InChI is InChI=1S/C21H24N2O4/c1-21(2)12-27-17-10-13(4-6-15(17)19(21)22-20(24)25)14-5-7-16-18(11-14)26-9-8-23(16)3/h4-7,10-11,19,22H,8-9,12H2,1-3H3,(H,24,25). The van der Waals surface area contributed by atoms with Gasteiger partial charge in [0.25, 0.3) is 0 Å². The van der Waals surface area contributed by atoms with Crippen molar-refractivity contribution in [3.8, 4) is 22.6 Å². The topological polar surface area (TPSA) is 71.0 Å². The van der Waals surface area contributed by atoms with Crippen molar-refractivity contribution in [1.29, 1.82) is 0 Å². The molecule has 0 saturated carbocycles. The third-order valence-electron chi connectivity index (χ3n) is 5.36. The highest BCUT2D eigenvalue weighted by atomic mass is 16.5. The third kappa shape index (κ3) is 3.16. The van der Waals surface area contributed by atoms with Gasteiger partial charge in [-0.15, -0.1) is 0 Å². The van der Waals surface area contributed by atoms with E-state index in [2.05, 4.69) is 29.4 Å². The van der Waals surface area contributed by atoms with Gasteiger partial charge < -0.3 is 24.8 Å². The van der Waals surface area contributed by atoms with Gasteiger partial charge in [-0.3, -0.25) is 0 Å². The van der Waals surface area contributed by atoms with Crippen LogP contribution in [0.1, 0.15) is 25.5 Å². The lowest BCUT2D eigenvalue weighted by atomic mass is 9.78. The van der Waals surface area contributed by atoms with Crippen LogP contribution >= 0.6 is 0 Å². The number of ether oxygens (including phenoxy) is 2. The van der Waals surface area contributed by atoms with Crippen molar-refractivity contribution in [1.82, 2.24) is 5.32 Å². The molecule has 1 unspecified atom stereocenters. The van der Waals surface area contributed by atoms with Gasteiger partial charge in [-0.25, -0.2) is 4.79 Å². The number of anilines is 1. The number of nitrogens with one attached hydrogen (secondary N) is 1. The minimum absolute atomic E-state index is 0.312. The van der Waals surface area contributed by atoms with Gasteiger partial charge in [0.05, 0.1) is 24.9 Å². The molecule has 0 saturated heterocycles. The Morgan fingerprint density at radius 1 is 1.15 bits per heavy atom. The van der Waals surface area contributed by atoms with Gasteiger partial charge in [-0.05, 0) is 29.3 Å². The van der Waals surface area contributed by atoms with Crippen LogP contribution in [0.3, 0.4) is 0 Å². The number of likely N-dealkylation sites (N-methyl/N-ethyl adjacent to an activating group) is 1. The van der Waals surface area contributed by atoms with Gasteiger partial charge in [-0.2, -0.15) is 0 Å². The summed E-state index contributed by atoms with van der Waals surface area (Å²) in [5.74, 6) is 1.60. The summed E-state index contributed by atoms with van der Waals surface area (Å²) in [6.07, 6.45) is -1.03. The molecule has 2 aliphatic heterocycles. The molecule has 1 amide bonds. The first kappa shape index (κ1) is 17.5. The number of benzene rings is 2. The van der Waals surface area contributed by atoms with Crippen LogP contribution in [0.5, 0.6) is 11.5 Å². The fraction of sp³-hybridized carbons (Fsp3) is 0.381. The molecule has 142 valence electrons. The number of fused-ring (bicyclic) bond motifs is 2. The van der Waals surface area contributed by atoms with Crippen molar-refractivity contribution in [2.75, 3.05) is 31.7 Å². The third-order valence-corrected chi connectivity index (χ3v) is 5.36. The second-order valence-corrected chi connectivity index (χ2v) is 7.86. The first-order chi connectivity index (χ1) is 12.8. The molecule has 2 aromatic carbocycles. The zero-order chi connectivity index (χ0) is 19.2. The second-order valence-electron chi connectivity index (χ2n) is 7.86. The normalized spacial score (nSPS) is 20.0. The lowest BCUT2D eigenvalue weighted by molar-refractivity contribution is 0.0996. The Morgan fingerprint density at radius 2 is 1.85 bits per heavy atom. The van der Waals surface area contributed by atoms with Crippen LogP contribution in [0.15, 0.2) is 36.4 Å². The SMILES string of the molecule is CN1CCOc2cc(-c3ccc4c(c3)OCC(C)(C)C4NC(=O)O)ccc21. The largest absolute Gasteiger partial charge is 0.493 e. The number of rotatable bonds is 2. The molecule has 2 N–H and O–H groups in total. The number of carbonyl (C=O) groups is 1. The van der Waals surface area contributed by atoms with Crippen molar-refractivity contribution >= 4 is 11.8 Å². The van der Waals surface area contributed by atoms with E-state index in [1.54, 1.807) is 0 Å². The van der Waals surface area contributed by atoms with Gasteiger partial charge in [-0.1, -0.05) is 32.0 Å². The van der Waals surface area contributed by atoms with E-state index in [-0.39, 0.29) is 11.5 Å². The van der Waals surface area contributed by atoms with Gasteiger partial charge in [0.2, 0.25) is 0 Å². The van der Waals surface area contributed by atoms with E-state index in [9.17, 15) is 9.90 Å². The van der Waals surface area contributed by atoms with Gasteiger partial charge in [0.15, 0.2) is 0 Å². The Labute approximate surface area is 158 Å². The second kappa shape index (κ2) is 6.37. The minimum atomic E-state index is -1.03. The van der Waals surface area contributed by atoms with Crippen molar-refractivity contribution in [2.45, 2.75) is 19.9 Å². The van der Waals surface area contributed by atoms with E-state index >= 15 is 0 Å². The quantitative estimate of drug-likeness (QED) is 0.841. The highest BCUT2D eigenvalue weighted by molar-refractivity contribution is 5.74. The van der Waals surface area contributed by atoms with Crippen molar-refractivity contribution in [3.63, 3.8) is 0 Å². The lowest BCUT2D eigenvalue weighted by Crippen LogP contribution is -2.43. The van der Waals surface area contributed by atoms with Crippen LogP contribution in [0.25, 0.3) is 11.1 Å². The molecular formula is C21H24N2O4. The average molecular weight is 368 g/mol. The van der Waals surface area contributed by atoms with Crippen molar-refractivity contribution in [3.05, 3.63) is 42.0 Å². The van der Waals surface area contributed by atoms with E-state index in [0.29, 0.717) is 13.2 Å². The Bertz CT molecular complexity index is 894. The summed E-state index contributed by atoms with van der Waals surface area (Å²) in [5, 5.41) is 11.9. The van der Waals surface area contributed by atoms with Gasteiger partial charge in [0.1, 0.15) is 18.1 Å². The summed E-state index contributed by atoms with van der Waals surface area (Å²) in [5.41, 5.74) is 3.69. The van der Waals surface area contributed by atoms with E-state index < -0.39 is 6.09 Å². The van der Waals surface area contributed by atoms with Crippen molar-refractivity contribution < 1.29 is 19.4 Å². The van der Waals surface area contributed by atoms with Crippen LogP contribution < -0.4 is 19.7 Å². The fourth-order valence-corrected chi connectivity index (χ4v) is 3.78. The maximum absolute atomic E-state index is 11.2. The first-order valence-electron chi connectivity index (χ1n) is 9.10. The monoisotopic (exact) mass is 368 g/mol. The molecule has 27 heavy (non-hydrogen) atoms. The molecule has 0 bridgehead atoms. The predicted molar refractivity (Wildman–Crippen MR) is 104 cm³/mol. The van der Waals surface area contributed by atoms with Crippen LogP contribution in [-0.4, -0.2) is 38.0 Å². The Kier molecular flexibility index (Phi) is 4.13. The van der Waals surface area contributed by atoms with Crippen LogP contribution in [0.4, 0.5) is 10.5 Å². The smallest absolute Gasteiger partial charge is 0.405 e. The predicted octanol–water partition coefficient (Wildman–Crippen LogP) is 3.91. The molecule has 6 nitrogen and oxygen atoms in total. The summed E-state index contributed by atoms with van der Waals surface area (Å²) in [7, 11) is 2.06. The van der Waals surface area contributed by atoms with Gasteiger partial charge >= 0.3 is 6.09 Å². The highest BCUT2D eigenvalue weighted by Crippen LogP contribution is 2.44. The molecular weight excluding hydrogens is 344 g/mol. The molecule has 0 spiro atoms. The molecule has 0 aliphatic carbocycles. The number of hydrogen-bond acceptors (Lipinski definition) is 4. The number of hydrogen-bond donors (Lipinski definition) is 2. The average Bonchev–Trinajstić information content (AvgIpc) is 2.63. The van der Waals surface area contributed by atoms with Crippen LogP contribution in [0, 0.1) is 5.41 Å². The molecule has 0 radical (unpaired) electrons. The van der Waals surface area contributed by atoms with E-state index in [1.165, 1.54) is 0 Å². The van der Waals surface area contributed by atoms with Crippen LogP contribution in [0.2, 0.25) is 0 Å². The van der Waals surface area contributed by atoms with E-state index in [0.717, 1.165) is 40.4 Å². The number of nitrogens with zero attached hydrogens (tertiary/aromatic N) is 1. The lowest BCUT2D eigenvalue weighted by Gasteiger charge is -2.39. The Morgan fingerprint density at radius 3 is 2.59 bits per heavy atom. The number of carboxylic acid groups (broad SMARTS) is 1. The summed E-state index contributed by atoms with van der Waals surface area (Å²) in [6.45, 7) is 6.01. The Balaban J connectivity index is 1.70. The summed E-state index contributed by atoms with van der Waals surface area (Å²) in [4.78, 5) is 13.4. The minimum Gasteiger partial charge on any atom is -0.493 e. The molecule has 2 aromatic rings. The summed E-state index contributed by atoms with van der Waals surface area (Å²) >= 11 is 0. The molecule has 2 aliphatic rings. The van der Waals surface area contributed by atoms with Gasteiger partial charge in [0, 0.05) is 18.0 Å². The highest BCUT2D eigenvalue weighted by Gasteiger charge is 2.38. The Hall–Kier alpha value is -2.89. The summed E-state index contributed by atoms with van der Waals surface area (Å²) in [6, 6.07) is 11.8.